The molecule has 0 unspecified atom stereocenters. The van der Waals surface area contributed by atoms with Crippen molar-refractivity contribution in [3.8, 4) is 39.3 Å². The quantitative estimate of drug-likeness (QED) is 0.779. The Balaban J connectivity index is 2.18. The van der Waals surface area contributed by atoms with Gasteiger partial charge in [0, 0.05) is 16.0 Å². The summed E-state index contributed by atoms with van der Waals surface area (Å²) in [6.45, 7) is 0. The smallest absolute Gasteiger partial charge is 0.161 e. The van der Waals surface area contributed by atoms with Crippen LogP contribution in [0.5, 0.6) is 11.5 Å². The lowest BCUT2D eigenvalue weighted by Gasteiger charge is -2.11. The molecule has 0 aliphatic rings. The van der Waals surface area contributed by atoms with Gasteiger partial charge in [-0.1, -0.05) is 6.07 Å². The number of nitrogens with zero attached hydrogens (tertiary/aromatic N) is 2. The SMILES string of the molecule is COc1ccc(-c2cc(-c3cccs3)c(C#N)c(N)n2)cc1OC. The van der Waals surface area contributed by atoms with Crippen LogP contribution in [0, 0.1) is 11.3 Å². The van der Waals surface area contributed by atoms with Gasteiger partial charge in [-0.3, -0.25) is 0 Å². The van der Waals surface area contributed by atoms with Crippen LogP contribution in [0.25, 0.3) is 21.7 Å². The number of nitrogens with two attached hydrogens (primary N) is 1. The van der Waals surface area contributed by atoms with Crippen molar-refractivity contribution in [1.29, 1.82) is 5.26 Å². The zero-order valence-electron chi connectivity index (χ0n) is 13.2. The molecular formula is C18H15N3O2S. The van der Waals surface area contributed by atoms with Crippen LogP contribution in [0.2, 0.25) is 0 Å². The van der Waals surface area contributed by atoms with Crippen molar-refractivity contribution in [3.05, 3.63) is 47.3 Å². The van der Waals surface area contributed by atoms with E-state index in [2.05, 4.69) is 11.1 Å². The van der Waals surface area contributed by atoms with E-state index < -0.39 is 0 Å². The maximum absolute atomic E-state index is 9.41. The molecule has 1 aromatic carbocycles. The summed E-state index contributed by atoms with van der Waals surface area (Å²) in [6.07, 6.45) is 0. The third kappa shape index (κ3) is 2.77. The van der Waals surface area contributed by atoms with Crippen molar-refractivity contribution in [1.82, 2.24) is 4.98 Å². The van der Waals surface area contributed by atoms with Crippen LogP contribution in [-0.4, -0.2) is 19.2 Å². The van der Waals surface area contributed by atoms with Crippen LogP contribution in [0.1, 0.15) is 5.56 Å². The fourth-order valence-corrected chi connectivity index (χ4v) is 3.20. The van der Waals surface area contributed by atoms with Gasteiger partial charge in [0.1, 0.15) is 17.5 Å². The predicted molar refractivity (Wildman–Crippen MR) is 95.2 cm³/mol. The average Bonchev–Trinajstić information content (AvgIpc) is 3.14. The standard InChI is InChI=1S/C18H15N3O2S/c1-22-15-6-5-11(8-16(15)23-2)14-9-12(17-4-3-7-24-17)13(10-19)18(20)21-14/h3-9H,1-2H3,(H2,20,21). The number of nitrogen functional groups attached to an aromatic ring is 1. The van der Waals surface area contributed by atoms with E-state index in [0.29, 0.717) is 22.8 Å². The Hall–Kier alpha value is -3.04. The van der Waals surface area contributed by atoms with Crippen LogP contribution in [0.3, 0.4) is 0 Å². The van der Waals surface area contributed by atoms with E-state index in [1.54, 1.807) is 25.6 Å². The number of thiophene rings is 1. The normalized spacial score (nSPS) is 10.2. The molecule has 0 aliphatic heterocycles. The summed E-state index contributed by atoms with van der Waals surface area (Å²) in [6, 6.07) is 13.5. The van der Waals surface area contributed by atoms with Crippen molar-refractivity contribution in [3.63, 3.8) is 0 Å². The van der Waals surface area contributed by atoms with Gasteiger partial charge in [-0.2, -0.15) is 5.26 Å². The highest BCUT2D eigenvalue weighted by Crippen LogP contribution is 2.36. The van der Waals surface area contributed by atoms with Gasteiger partial charge in [-0.15, -0.1) is 11.3 Å². The van der Waals surface area contributed by atoms with Crippen LogP contribution in [-0.2, 0) is 0 Å². The highest BCUT2D eigenvalue weighted by atomic mass is 32.1. The molecule has 6 heteroatoms. The van der Waals surface area contributed by atoms with E-state index in [4.69, 9.17) is 15.2 Å². The van der Waals surface area contributed by atoms with Gasteiger partial charge in [0.25, 0.3) is 0 Å². The molecular weight excluding hydrogens is 322 g/mol. The summed E-state index contributed by atoms with van der Waals surface area (Å²) >= 11 is 1.55. The third-order valence-corrected chi connectivity index (χ3v) is 4.53. The Morgan fingerprint density at radius 2 is 1.92 bits per heavy atom. The lowest BCUT2D eigenvalue weighted by molar-refractivity contribution is 0.355. The molecule has 0 atom stereocenters. The molecule has 0 amide bonds. The number of ether oxygens (including phenoxy) is 2. The monoisotopic (exact) mass is 337 g/mol. The van der Waals surface area contributed by atoms with Gasteiger partial charge < -0.3 is 15.2 Å². The molecule has 5 nitrogen and oxygen atoms in total. The largest absolute Gasteiger partial charge is 0.493 e. The lowest BCUT2D eigenvalue weighted by atomic mass is 10.0. The number of hydrogen-bond acceptors (Lipinski definition) is 6. The number of aromatic nitrogens is 1. The number of pyridine rings is 1. The molecule has 2 heterocycles. The molecule has 2 aromatic heterocycles. The van der Waals surface area contributed by atoms with Crippen molar-refractivity contribution >= 4 is 17.2 Å². The second-order valence-corrected chi connectivity index (χ2v) is 5.92. The zero-order chi connectivity index (χ0) is 17.1. The molecule has 0 fully saturated rings. The summed E-state index contributed by atoms with van der Waals surface area (Å²) in [7, 11) is 3.17. The second-order valence-electron chi connectivity index (χ2n) is 4.97. The van der Waals surface area contributed by atoms with E-state index in [1.165, 1.54) is 0 Å². The fourth-order valence-electron chi connectivity index (χ4n) is 2.45. The minimum atomic E-state index is 0.216. The maximum Gasteiger partial charge on any atom is 0.161 e. The van der Waals surface area contributed by atoms with E-state index in [-0.39, 0.29) is 5.82 Å². The Bertz CT molecular complexity index is 915. The molecule has 3 rings (SSSR count). The van der Waals surface area contributed by atoms with Crippen molar-refractivity contribution in [2.75, 3.05) is 20.0 Å². The van der Waals surface area contributed by atoms with Gasteiger partial charge in [-0.05, 0) is 35.7 Å². The Morgan fingerprint density at radius 3 is 2.54 bits per heavy atom. The molecule has 0 aliphatic carbocycles. The first kappa shape index (κ1) is 15.8. The third-order valence-electron chi connectivity index (χ3n) is 3.63. The highest BCUT2D eigenvalue weighted by molar-refractivity contribution is 7.13. The first-order valence-electron chi connectivity index (χ1n) is 7.14. The molecule has 0 radical (unpaired) electrons. The first-order valence-corrected chi connectivity index (χ1v) is 8.02. The topological polar surface area (TPSA) is 81.2 Å². The average molecular weight is 337 g/mol. The Labute approximate surface area is 143 Å². The highest BCUT2D eigenvalue weighted by Gasteiger charge is 2.15. The van der Waals surface area contributed by atoms with Crippen LogP contribution in [0.4, 0.5) is 5.82 Å². The molecule has 2 N–H and O–H groups in total. The predicted octanol–water partition coefficient (Wildman–Crippen LogP) is 3.95. The molecule has 3 aromatic rings. The number of anilines is 1. The van der Waals surface area contributed by atoms with Gasteiger partial charge in [-0.25, -0.2) is 4.98 Å². The summed E-state index contributed by atoms with van der Waals surface area (Å²) in [5.41, 5.74) is 8.70. The van der Waals surface area contributed by atoms with Crippen molar-refractivity contribution < 1.29 is 9.47 Å². The van der Waals surface area contributed by atoms with E-state index >= 15 is 0 Å². The number of nitriles is 1. The minimum Gasteiger partial charge on any atom is -0.493 e. The molecule has 24 heavy (non-hydrogen) atoms. The van der Waals surface area contributed by atoms with Crippen LogP contribution >= 0.6 is 11.3 Å². The fraction of sp³-hybridized carbons (Fsp3) is 0.111. The maximum atomic E-state index is 9.41. The van der Waals surface area contributed by atoms with Gasteiger partial charge >= 0.3 is 0 Å². The molecule has 0 saturated carbocycles. The Kier molecular flexibility index (Phi) is 4.36. The number of methoxy groups -OCH3 is 2. The van der Waals surface area contributed by atoms with Gasteiger partial charge in [0.2, 0.25) is 0 Å². The zero-order valence-corrected chi connectivity index (χ0v) is 14.1. The van der Waals surface area contributed by atoms with E-state index in [9.17, 15) is 5.26 Å². The van der Waals surface area contributed by atoms with Crippen LogP contribution < -0.4 is 15.2 Å². The first-order chi connectivity index (χ1) is 11.7. The number of benzene rings is 1. The molecule has 120 valence electrons. The lowest BCUT2D eigenvalue weighted by Crippen LogP contribution is -1.99. The molecule has 0 spiro atoms. The summed E-state index contributed by atoms with van der Waals surface area (Å²) in [5, 5.41) is 11.4. The van der Waals surface area contributed by atoms with Crippen molar-refractivity contribution in [2.45, 2.75) is 0 Å². The number of hydrogen-bond donors (Lipinski definition) is 1. The number of rotatable bonds is 4. The molecule has 0 saturated heterocycles. The Morgan fingerprint density at radius 1 is 1.12 bits per heavy atom. The van der Waals surface area contributed by atoms with Gasteiger partial charge in [0.15, 0.2) is 11.5 Å². The van der Waals surface area contributed by atoms with Gasteiger partial charge in [0.05, 0.1) is 19.9 Å². The second kappa shape index (κ2) is 6.60. The minimum absolute atomic E-state index is 0.216. The van der Waals surface area contributed by atoms with Crippen molar-refractivity contribution in [2.24, 2.45) is 0 Å². The summed E-state index contributed by atoms with van der Waals surface area (Å²) in [5.74, 6) is 1.46. The van der Waals surface area contributed by atoms with E-state index in [0.717, 1.165) is 16.0 Å². The van der Waals surface area contributed by atoms with Crippen LogP contribution in [0.15, 0.2) is 41.8 Å². The summed E-state index contributed by atoms with van der Waals surface area (Å²) < 4.78 is 10.6. The molecule has 0 bridgehead atoms. The summed E-state index contributed by atoms with van der Waals surface area (Å²) in [4.78, 5) is 5.35. The van der Waals surface area contributed by atoms with E-state index in [1.807, 2.05) is 41.8 Å².